The van der Waals surface area contributed by atoms with E-state index in [9.17, 15) is 9.59 Å². The van der Waals surface area contributed by atoms with Gasteiger partial charge in [0.05, 0.1) is 0 Å². The molecule has 0 radical (unpaired) electrons. The first-order valence-electron chi connectivity index (χ1n) is 5.65. The highest BCUT2D eigenvalue weighted by atomic mass is 16.4. The highest BCUT2D eigenvalue weighted by Crippen LogP contribution is 2.19. The zero-order valence-corrected chi connectivity index (χ0v) is 10.7. The molecule has 1 aromatic rings. The van der Waals surface area contributed by atoms with E-state index in [2.05, 4.69) is 0 Å². The number of carbonyl (C=O) groups is 2. The van der Waals surface area contributed by atoms with Gasteiger partial charge in [0.1, 0.15) is 11.3 Å². The Hall–Kier alpha value is -2.04. The molecule has 1 rings (SSSR count). The Labute approximate surface area is 106 Å². The summed E-state index contributed by atoms with van der Waals surface area (Å²) < 4.78 is 0. The van der Waals surface area contributed by atoms with Crippen molar-refractivity contribution in [1.29, 1.82) is 0 Å². The number of nitrogens with zero attached hydrogens (tertiary/aromatic N) is 1. The lowest BCUT2D eigenvalue weighted by Crippen LogP contribution is -2.52. The van der Waals surface area contributed by atoms with Crippen LogP contribution >= 0.6 is 0 Å². The van der Waals surface area contributed by atoms with Crippen LogP contribution in [0.15, 0.2) is 24.3 Å². The molecule has 0 aliphatic carbocycles. The molecular weight excluding hydrogens is 234 g/mol. The van der Waals surface area contributed by atoms with E-state index in [1.165, 1.54) is 43.0 Å². The van der Waals surface area contributed by atoms with E-state index in [1.54, 1.807) is 6.92 Å². The summed E-state index contributed by atoms with van der Waals surface area (Å²) >= 11 is 0. The fraction of sp³-hybridized carbons (Fsp3) is 0.385. The molecule has 0 fully saturated rings. The first-order chi connectivity index (χ1) is 8.30. The van der Waals surface area contributed by atoms with E-state index in [-0.39, 0.29) is 11.7 Å². The molecule has 5 heteroatoms. The lowest BCUT2D eigenvalue weighted by Gasteiger charge is -2.34. The lowest BCUT2D eigenvalue weighted by atomic mass is 10.0. The second-order valence-corrected chi connectivity index (χ2v) is 4.46. The zero-order chi connectivity index (χ0) is 13.9. The lowest BCUT2D eigenvalue weighted by molar-refractivity contribution is -0.147. The first kappa shape index (κ1) is 14.0. The van der Waals surface area contributed by atoms with Gasteiger partial charge in [0, 0.05) is 12.1 Å². The van der Waals surface area contributed by atoms with Crippen LogP contribution in [0.1, 0.15) is 31.1 Å². The van der Waals surface area contributed by atoms with Gasteiger partial charge in [0.2, 0.25) is 0 Å². The summed E-state index contributed by atoms with van der Waals surface area (Å²) in [6.07, 6.45) is 0. The number of phenolic OH excluding ortho intramolecular Hbond substituents is 1. The molecule has 0 saturated heterocycles. The predicted octanol–water partition coefficient (Wildman–Crippen LogP) is 1.72. The third kappa shape index (κ3) is 2.61. The third-order valence-electron chi connectivity index (χ3n) is 2.87. The van der Waals surface area contributed by atoms with Gasteiger partial charge in [-0.25, -0.2) is 4.79 Å². The largest absolute Gasteiger partial charge is 0.508 e. The Bertz CT molecular complexity index is 451. The van der Waals surface area contributed by atoms with E-state index in [0.29, 0.717) is 12.1 Å². The van der Waals surface area contributed by atoms with Gasteiger partial charge < -0.3 is 15.1 Å². The van der Waals surface area contributed by atoms with E-state index >= 15 is 0 Å². The first-order valence-corrected chi connectivity index (χ1v) is 5.65. The molecule has 2 N–H and O–H groups in total. The molecule has 0 saturated carbocycles. The molecule has 0 aromatic heterocycles. The molecule has 0 spiro atoms. The van der Waals surface area contributed by atoms with Gasteiger partial charge in [-0.2, -0.15) is 0 Å². The standard InChI is InChI=1S/C13H17NO4/c1-4-14(13(2,3)12(17)18)11(16)9-5-7-10(15)8-6-9/h5-8,15H,4H2,1-3H3,(H,17,18). The number of carbonyl (C=O) groups excluding carboxylic acids is 1. The van der Waals surface area contributed by atoms with Gasteiger partial charge in [-0.05, 0) is 45.0 Å². The Morgan fingerprint density at radius 3 is 2.11 bits per heavy atom. The third-order valence-corrected chi connectivity index (χ3v) is 2.87. The molecule has 98 valence electrons. The minimum atomic E-state index is -1.27. The smallest absolute Gasteiger partial charge is 0.329 e. The van der Waals surface area contributed by atoms with Crippen molar-refractivity contribution in [2.45, 2.75) is 26.3 Å². The summed E-state index contributed by atoms with van der Waals surface area (Å²) in [6, 6.07) is 5.74. The maximum Gasteiger partial charge on any atom is 0.329 e. The van der Waals surface area contributed by atoms with Crippen LogP contribution in [0.2, 0.25) is 0 Å². The normalized spacial score (nSPS) is 11.1. The van der Waals surface area contributed by atoms with Crippen molar-refractivity contribution in [2.24, 2.45) is 0 Å². The molecule has 1 amide bonds. The number of benzene rings is 1. The van der Waals surface area contributed by atoms with E-state index in [1.807, 2.05) is 0 Å². The van der Waals surface area contributed by atoms with Crippen LogP contribution in [0.25, 0.3) is 0 Å². The van der Waals surface area contributed by atoms with Crippen molar-refractivity contribution < 1.29 is 19.8 Å². The van der Waals surface area contributed by atoms with Crippen LogP contribution in [-0.4, -0.2) is 39.1 Å². The predicted molar refractivity (Wildman–Crippen MR) is 66.5 cm³/mol. The number of hydrogen-bond donors (Lipinski definition) is 2. The van der Waals surface area contributed by atoms with Crippen LogP contribution in [0.5, 0.6) is 5.75 Å². The minimum Gasteiger partial charge on any atom is -0.508 e. The molecular formula is C13H17NO4. The molecule has 5 nitrogen and oxygen atoms in total. The quantitative estimate of drug-likeness (QED) is 0.854. The molecule has 0 aliphatic rings. The average molecular weight is 251 g/mol. The molecule has 1 aromatic carbocycles. The van der Waals surface area contributed by atoms with Crippen molar-refractivity contribution >= 4 is 11.9 Å². The summed E-state index contributed by atoms with van der Waals surface area (Å²) in [5, 5.41) is 18.3. The summed E-state index contributed by atoms with van der Waals surface area (Å²) in [7, 11) is 0. The van der Waals surface area contributed by atoms with Crippen LogP contribution < -0.4 is 0 Å². The van der Waals surface area contributed by atoms with Crippen molar-refractivity contribution in [3.8, 4) is 5.75 Å². The van der Waals surface area contributed by atoms with Crippen molar-refractivity contribution in [3.63, 3.8) is 0 Å². The van der Waals surface area contributed by atoms with Gasteiger partial charge in [-0.3, -0.25) is 4.79 Å². The number of likely N-dealkylation sites (N-methyl/N-ethyl adjacent to an activating group) is 1. The number of aromatic hydroxyl groups is 1. The van der Waals surface area contributed by atoms with E-state index < -0.39 is 11.5 Å². The van der Waals surface area contributed by atoms with Crippen molar-refractivity contribution in [3.05, 3.63) is 29.8 Å². The monoisotopic (exact) mass is 251 g/mol. The number of hydrogen-bond acceptors (Lipinski definition) is 3. The molecule has 0 heterocycles. The summed E-state index contributed by atoms with van der Waals surface area (Å²) in [5.41, 5.74) is -0.923. The average Bonchev–Trinajstić information content (AvgIpc) is 2.30. The Morgan fingerprint density at radius 1 is 1.22 bits per heavy atom. The number of phenols is 1. The van der Waals surface area contributed by atoms with Gasteiger partial charge >= 0.3 is 5.97 Å². The highest BCUT2D eigenvalue weighted by molar-refractivity contribution is 5.97. The number of rotatable bonds is 4. The molecule has 0 atom stereocenters. The SMILES string of the molecule is CCN(C(=O)c1ccc(O)cc1)C(C)(C)C(=O)O. The Morgan fingerprint density at radius 2 is 1.72 bits per heavy atom. The number of aliphatic carboxylic acids is 1. The van der Waals surface area contributed by atoms with Crippen LogP contribution in [-0.2, 0) is 4.79 Å². The number of carboxylic acid groups (broad SMARTS) is 1. The molecule has 0 bridgehead atoms. The summed E-state index contributed by atoms with van der Waals surface area (Å²) in [4.78, 5) is 24.7. The molecule has 18 heavy (non-hydrogen) atoms. The van der Waals surface area contributed by atoms with Crippen molar-refractivity contribution in [2.75, 3.05) is 6.54 Å². The maximum absolute atomic E-state index is 12.2. The van der Waals surface area contributed by atoms with E-state index in [4.69, 9.17) is 10.2 Å². The van der Waals surface area contributed by atoms with Gasteiger partial charge in [0.25, 0.3) is 5.91 Å². The van der Waals surface area contributed by atoms with Crippen LogP contribution in [0, 0.1) is 0 Å². The highest BCUT2D eigenvalue weighted by Gasteiger charge is 2.37. The molecule has 0 aliphatic heterocycles. The fourth-order valence-corrected chi connectivity index (χ4v) is 1.67. The van der Waals surface area contributed by atoms with Gasteiger partial charge in [-0.15, -0.1) is 0 Å². The van der Waals surface area contributed by atoms with E-state index in [0.717, 1.165) is 0 Å². The number of carboxylic acids is 1. The fourth-order valence-electron chi connectivity index (χ4n) is 1.67. The van der Waals surface area contributed by atoms with Gasteiger partial charge in [-0.1, -0.05) is 0 Å². The van der Waals surface area contributed by atoms with Crippen molar-refractivity contribution in [1.82, 2.24) is 4.90 Å². The minimum absolute atomic E-state index is 0.0621. The Kier molecular flexibility index (Phi) is 3.96. The topological polar surface area (TPSA) is 77.8 Å². The second kappa shape index (κ2) is 5.08. The Balaban J connectivity index is 3.07. The van der Waals surface area contributed by atoms with Gasteiger partial charge in [0.15, 0.2) is 0 Å². The summed E-state index contributed by atoms with van der Waals surface area (Å²) in [5.74, 6) is -1.37. The van der Waals surface area contributed by atoms with Crippen LogP contribution in [0.3, 0.4) is 0 Å². The number of amides is 1. The summed E-state index contributed by atoms with van der Waals surface area (Å²) in [6.45, 7) is 4.98. The van der Waals surface area contributed by atoms with Crippen LogP contribution in [0.4, 0.5) is 0 Å². The second-order valence-electron chi connectivity index (χ2n) is 4.46. The maximum atomic E-state index is 12.2. The molecule has 0 unspecified atom stereocenters. The zero-order valence-electron chi connectivity index (χ0n) is 10.7.